The van der Waals surface area contributed by atoms with E-state index < -0.39 is 5.41 Å². The van der Waals surface area contributed by atoms with E-state index in [1.165, 1.54) is 18.4 Å². The molecule has 6 heteroatoms. The Balaban J connectivity index is 2.34. The van der Waals surface area contributed by atoms with Gasteiger partial charge in [0, 0.05) is 17.8 Å². The molecule has 0 N–H and O–H groups in total. The van der Waals surface area contributed by atoms with Crippen molar-refractivity contribution < 1.29 is 9.53 Å². The molecular weight excluding hydrogens is 262 g/mol. The van der Waals surface area contributed by atoms with Gasteiger partial charge >= 0.3 is 5.97 Å². The molecule has 5 nitrogen and oxygen atoms in total. The summed E-state index contributed by atoms with van der Waals surface area (Å²) in [7, 11) is 1.38. The summed E-state index contributed by atoms with van der Waals surface area (Å²) in [6.07, 6.45) is 3.49. The highest BCUT2D eigenvalue weighted by Gasteiger charge is 2.33. The molecule has 2 aromatic rings. The summed E-state index contributed by atoms with van der Waals surface area (Å²) in [6, 6.07) is 0. The van der Waals surface area contributed by atoms with E-state index >= 15 is 0 Å². The van der Waals surface area contributed by atoms with Crippen LogP contribution in [0.3, 0.4) is 0 Å². The Kier molecular flexibility index (Phi) is 3.61. The van der Waals surface area contributed by atoms with Crippen LogP contribution < -0.4 is 0 Å². The largest absolute Gasteiger partial charge is 0.468 e. The molecule has 0 aliphatic rings. The van der Waals surface area contributed by atoms with Gasteiger partial charge < -0.3 is 4.74 Å². The maximum atomic E-state index is 11.7. The molecular formula is C13H15N3O2S. The van der Waals surface area contributed by atoms with Crippen molar-refractivity contribution in [2.75, 3.05) is 7.11 Å². The van der Waals surface area contributed by atoms with Gasteiger partial charge in [-0.25, -0.2) is 15.0 Å². The summed E-state index contributed by atoms with van der Waals surface area (Å²) in [6.45, 7) is 5.50. The lowest BCUT2D eigenvalue weighted by Crippen LogP contribution is -2.30. The van der Waals surface area contributed by atoms with Gasteiger partial charge in [0.15, 0.2) is 10.8 Å². The van der Waals surface area contributed by atoms with E-state index in [0.717, 1.165) is 5.56 Å². The van der Waals surface area contributed by atoms with Crippen molar-refractivity contribution >= 4 is 17.3 Å². The Morgan fingerprint density at radius 1 is 1.32 bits per heavy atom. The Bertz CT molecular complexity index is 590. The van der Waals surface area contributed by atoms with Gasteiger partial charge in [0.2, 0.25) is 0 Å². The molecule has 0 unspecified atom stereocenters. The number of hydrogen-bond acceptors (Lipinski definition) is 6. The van der Waals surface area contributed by atoms with Gasteiger partial charge in [0.25, 0.3) is 0 Å². The highest BCUT2D eigenvalue weighted by molar-refractivity contribution is 7.13. The number of aromatic nitrogens is 3. The molecule has 0 atom stereocenters. The number of esters is 1. The van der Waals surface area contributed by atoms with Gasteiger partial charge in [-0.3, -0.25) is 4.79 Å². The van der Waals surface area contributed by atoms with Crippen LogP contribution in [0.1, 0.15) is 25.1 Å². The third-order valence-corrected chi connectivity index (χ3v) is 3.65. The first-order valence-corrected chi connectivity index (χ1v) is 6.66. The van der Waals surface area contributed by atoms with Crippen molar-refractivity contribution in [3.63, 3.8) is 0 Å². The number of hydrogen-bond donors (Lipinski definition) is 0. The van der Waals surface area contributed by atoms with Crippen LogP contribution in [0.5, 0.6) is 0 Å². The molecule has 100 valence electrons. The minimum Gasteiger partial charge on any atom is -0.468 e. The predicted octanol–water partition coefficient (Wildman–Crippen LogP) is 2.36. The van der Waals surface area contributed by atoms with E-state index in [-0.39, 0.29) is 5.97 Å². The Hall–Kier alpha value is -1.82. The number of carbonyl (C=O) groups is 1. The lowest BCUT2D eigenvalue weighted by atomic mass is 9.90. The molecule has 0 amide bonds. The minimum absolute atomic E-state index is 0.311. The molecule has 19 heavy (non-hydrogen) atoms. The minimum atomic E-state index is -0.770. The van der Waals surface area contributed by atoms with Crippen molar-refractivity contribution in [3.05, 3.63) is 29.0 Å². The van der Waals surface area contributed by atoms with E-state index in [1.807, 2.05) is 12.3 Å². The van der Waals surface area contributed by atoms with E-state index in [4.69, 9.17) is 4.74 Å². The number of thiazole rings is 1. The number of methoxy groups -OCH3 is 1. The normalized spacial score (nSPS) is 11.4. The van der Waals surface area contributed by atoms with Crippen molar-refractivity contribution in [1.82, 2.24) is 15.0 Å². The number of nitrogens with zero attached hydrogens (tertiary/aromatic N) is 3. The second-order valence-electron chi connectivity index (χ2n) is 4.74. The lowest BCUT2D eigenvalue weighted by Gasteiger charge is -2.18. The molecule has 0 spiro atoms. The van der Waals surface area contributed by atoms with Gasteiger partial charge in [0.1, 0.15) is 5.41 Å². The van der Waals surface area contributed by atoms with Crippen LogP contribution in [0, 0.1) is 6.92 Å². The first-order valence-electron chi connectivity index (χ1n) is 5.78. The third-order valence-electron chi connectivity index (χ3n) is 2.81. The predicted molar refractivity (Wildman–Crippen MR) is 72.9 cm³/mol. The average Bonchev–Trinajstić information content (AvgIpc) is 2.88. The number of aryl methyl sites for hydroxylation is 1. The first-order chi connectivity index (χ1) is 8.95. The van der Waals surface area contributed by atoms with E-state index in [0.29, 0.717) is 16.5 Å². The molecule has 0 fully saturated rings. The van der Waals surface area contributed by atoms with Crippen LogP contribution in [0.15, 0.2) is 17.8 Å². The molecule has 0 saturated carbocycles. The van der Waals surface area contributed by atoms with Crippen molar-refractivity contribution in [2.45, 2.75) is 26.2 Å². The summed E-state index contributed by atoms with van der Waals surface area (Å²) in [5.74, 6) is 0.261. The fourth-order valence-corrected chi connectivity index (χ4v) is 2.46. The highest BCUT2D eigenvalue weighted by atomic mass is 32.1. The Morgan fingerprint density at radius 2 is 1.95 bits per heavy atom. The second kappa shape index (κ2) is 5.05. The number of ether oxygens (including phenoxy) is 1. The molecule has 2 heterocycles. The quantitative estimate of drug-likeness (QED) is 0.806. The van der Waals surface area contributed by atoms with Crippen molar-refractivity contribution in [1.29, 1.82) is 0 Å². The van der Waals surface area contributed by atoms with Gasteiger partial charge in [-0.2, -0.15) is 0 Å². The maximum absolute atomic E-state index is 11.7. The summed E-state index contributed by atoms with van der Waals surface area (Å²) in [5.41, 5.74) is 0.896. The summed E-state index contributed by atoms with van der Waals surface area (Å²) in [4.78, 5) is 24.6. The monoisotopic (exact) mass is 277 g/mol. The molecule has 0 bridgehead atoms. The average molecular weight is 277 g/mol. The zero-order valence-corrected chi connectivity index (χ0v) is 12.1. The van der Waals surface area contributed by atoms with Crippen molar-refractivity contribution in [3.8, 4) is 10.8 Å². The topological polar surface area (TPSA) is 65.0 Å². The lowest BCUT2D eigenvalue weighted by molar-refractivity contribution is -0.146. The molecule has 2 rings (SSSR count). The summed E-state index contributed by atoms with van der Waals surface area (Å²) >= 11 is 1.42. The molecule has 0 aromatic carbocycles. The first kappa shape index (κ1) is 13.6. The third kappa shape index (κ3) is 2.63. The van der Waals surface area contributed by atoms with E-state index in [9.17, 15) is 4.79 Å². The molecule has 0 saturated heterocycles. The zero-order valence-electron chi connectivity index (χ0n) is 11.3. The van der Waals surface area contributed by atoms with E-state index in [1.54, 1.807) is 26.2 Å². The van der Waals surface area contributed by atoms with Gasteiger partial charge in [0.05, 0.1) is 12.8 Å². The number of carbonyl (C=O) groups excluding carboxylic acids is 1. The van der Waals surface area contributed by atoms with Gasteiger partial charge in [-0.1, -0.05) is 0 Å². The van der Waals surface area contributed by atoms with Crippen LogP contribution in [0.4, 0.5) is 0 Å². The van der Waals surface area contributed by atoms with Crippen LogP contribution in [-0.2, 0) is 14.9 Å². The molecule has 2 aromatic heterocycles. The number of rotatable bonds is 3. The van der Waals surface area contributed by atoms with Crippen LogP contribution in [-0.4, -0.2) is 28.0 Å². The van der Waals surface area contributed by atoms with Crippen LogP contribution in [0.25, 0.3) is 10.8 Å². The van der Waals surface area contributed by atoms with Crippen LogP contribution in [0.2, 0.25) is 0 Å². The van der Waals surface area contributed by atoms with E-state index in [2.05, 4.69) is 15.0 Å². The standard InChI is InChI=1S/C13H15N3O2S/c1-8-5-14-10(15-6-8)11-16-9(7-19-11)13(2,3)12(17)18-4/h5-7H,1-4H3. The zero-order chi connectivity index (χ0) is 14.0. The molecule has 0 radical (unpaired) electrons. The fraction of sp³-hybridized carbons (Fsp3) is 0.385. The highest BCUT2D eigenvalue weighted by Crippen LogP contribution is 2.29. The Labute approximate surface area is 115 Å². The van der Waals surface area contributed by atoms with Gasteiger partial charge in [-0.15, -0.1) is 11.3 Å². The summed E-state index contributed by atoms with van der Waals surface area (Å²) in [5, 5.41) is 2.54. The van der Waals surface area contributed by atoms with Crippen molar-refractivity contribution in [2.24, 2.45) is 0 Å². The SMILES string of the molecule is COC(=O)C(C)(C)c1csc(-c2ncc(C)cn2)n1. The maximum Gasteiger partial charge on any atom is 0.317 e. The molecule has 0 aliphatic heterocycles. The second-order valence-corrected chi connectivity index (χ2v) is 5.60. The summed E-state index contributed by atoms with van der Waals surface area (Å²) < 4.78 is 4.79. The van der Waals surface area contributed by atoms with Gasteiger partial charge in [-0.05, 0) is 26.3 Å². The van der Waals surface area contributed by atoms with Crippen LogP contribution >= 0.6 is 11.3 Å². The fourth-order valence-electron chi connectivity index (χ4n) is 1.53. The molecule has 0 aliphatic carbocycles. The smallest absolute Gasteiger partial charge is 0.317 e. The Morgan fingerprint density at radius 3 is 2.53 bits per heavy atom.